The third-order valence-electron chi connectivity index (χ3n) is 5.94. The van der Waals surface area contributed by atoms with Crippen LogP contribution in [0.25, 0.3) is 0 Å². The molecule has 1 N–H and O–H groups in total. The van der Waals surface area contributed by atoms with Crippen LogP contribution in [0.5, 0.6) is 0 Å². The van der Waals surface area contributed by atoms with Crippen molar-refractivity contribution in [2.24, 2.45) is 0 Å². The van der Waals surface area contributed by atoms with Gasteiger partial charge in [-0.3, -0.25) is 4.79 Å². The number of carbonyl (C=O) groups is 2. The molecule has 8 heteroatoms. The Kier molecular flexibility index (Phi) is 7.94. The largest absolute Gasteiger partial charge is 0.452 e. The van der Waals surface area contributed by atoms with Crippen LogP contribution in [0.1, 0.15) is 33.5 Å². The summed E-state index contributed by atoms with van der Waals surface area (Å²) in [7, 11) is -3.78. The SMILES string of the molecule is O=C(COC(=O)c1cccc(S(=O)(=O)N2CCc3ccccc3C2)c1)NCCCc1ccccc1. The number of hydrogen-bond acceptors (Lipinski definition) is 5. The lowest BCUT2D eigenvalue weighted by Gasteiger charge is -2.28. The highest BCUT2D eigenvalue weighted by Gasteiger charge is 2.28. The number of nitrogens with zero attached hydrogens (tertiary/aromatic N) is 1. The van der Waals surface area contributed by atoms with Crippen molar-refractivity contribution in [3.63, 3.8) is 0 Å². The predicted octanol–water partition coefficient (Wildman–Crippen LogP) is 3.34. The van der Waals surface area contributed by atoms with Gasteiger partial charge in [0.2, 0.25) is 10.0 Å². The molecule has 1 heterocycles. The Balaban J connectivity index is 1.29. The zero-order chi connectivity index (χ0) is 24.7. The number of fused-ring (bicyclic) bond motifs is 1. The van der Waals surface area contributed by atoms with Crippen LogP contribution in [0, 0.1) is 0 Å². The zero-order valence-corrected chi connectivity index (χ0v) is 20.2. The summed E-state index contributed by atoms with van der Waals surface area (Å²) in [5.41, 5.74) is 3.40. The summed E-state index contributed by atoms with van der Waals surface area (Å²) in [6, 6.07) is 23.5. The fourth-order valence-corrected chi connectivity index (χ4v) is 5.50. The number of carbonyl (C=O) groups excluding carboxylic acids is 2. The van der Waals surface area contributed by atoms with Crippen LogP contribution in [0.3, 0.4) is 0 Å². The molecule has 35 heavy (non-hydrogen) atoms. The fourth-order valence-electron chi connectivity index (χ4n) is 4.04. The van der Waals surface area contributed by atoms with Gasteiger partial charge in [0.15, 0.2) is 6.61 Å². The first-order valence-electron chi connectivity index (χ1n) is 11.6. The molecule has 0 radical (unpaired) electrons. The lowest BCUT2D eigenvalue weighted by atomic mass is 10.0. The molecule has 1 aliphatic rings. The monoisotopic (exact) mass is 492 g/mol. The number of esters is 1. The molecule has 0 saturated carbocycles. The maximum Gasteiger partial charge on any atom is 0.338 e. The van der Waals surface area contributed by atoms with E-state index in [2.05, 4.69) is 5.32 Å². The van der Waals surface area contributed by atoms with Gasteiger partial charge in [-0.2, -0.15) is 4.31 Å². The lowest BCUT2D eigenvalue weighted by Crippen LogP contribution is -2.36. The minimum atomic E-state index is -3.78. The first-order valence-corrected chi connectivity index (χ1v) is 13.0. The van der Waals surface area contributed by atoms with Gasteiger partial charge < -0.3 is 10.1 Å². The molecule has 0 spiro atoms. The second-order valence-electron chi connectivity index (χ2n) is 8.40. The second kappa shape index (κ2) is 11.3. The molecule has 3 aromatic rings. The number of nitrogens with one attached hydrogen (secondary N) is 1. The van der Waals surface area contributed by atoms with E-state index in [1.54, 1.807) is 0 Å². The Hall–Kier alpha value is -3.49. The van der Waals surface area contributed by atoms with Crippen molar-refractivity contribution in [3.05, 3.63) is 101 Å². The van der Waals surface area contributed by atoms with Crippen molar-refractivity contribution in [2.45, 2.75) is 30.7 Å². The molecule has 0 unspecified atom stereocenters. The third-order valence-corrected chi connectivity index (χ3v) is 7.79. The van der Waals surface area contributed by atoms with Gasteiger partial charge in [0.05, 0.1) is 10.5 Å². The summed E-state index contributed by atoms with van der Waals surface area (Å²) in [4.78, 5) is 24.5. The molecule has 1 aliphatic heterocycles. The van der Waals surface area contributed by atoms with E-state index in [9.17, 15) is 18.0 Å². The average molecular weight is 493 g/mol. The van der Waals surface area contributed by atoms with Crippen LogP contribution < -0.4 is 5.32 Å². The van der Waals surface area contributed by atoms with E-state index in [1.165, 1.54) is 34.1 Å². The lowest BCUT2D eigenvalue weighted by molar-refractivity contribution is -0.124. The van der Waals surface area contributed by atoms with Crippen molar-refractivity contribution in [3.8, 4) is 0 Å². The molecule has 0 atom stereocenters. The van der Waals surface area contributed by atoms with Crippen molar-refractivity contribution in [1.82, 2.24) is 9.62 Å². The minimum absolute atomic E-state index is 0.0247. The molecule has 3 aromatic carbocycles. The van der Waals surface area contributed by atoms with Gasteiger partial charge in [-0.05, 0) is 54.2 Å². The molecule has 0 aliphatic carbocycles. The summed E-state index contributed by atoms with van der Waals surface area (Å²) >= 11 is 0. The van der Waals surface area contributed by atoms with Gasteiger partial charge in [-0.15, -0.1) is 0 Å². The van der Waals surface area contributed by atoms with E-state index in [4.69, 9.17) is 4.74 Å². The van der Waals surface area contributed by atoms with Crippen molar-refractivity contribution in [2.75, 3.05) is 19.7 Å². The molecular weight excluding hydrogens is 464 g/mol. The van der Waals surface area contributed by atoms with Crippen LogP contribution in [-0.2, 0) is 38.9 Å². The summed E-state index contributed by atoms with van der Waals surface area (Å²) in [6.45, 7) is 0.706. The van der Waals surface area contributed by atoms with Crippen molar-refractivity contribution in [1.29, 1.82) is 0 Å². The Morgan fingerprint density at radius 3 is 2.46 bits per heavy atom. The minimum Gasteiger partial charge on any atom is -0.452 e. The topological polar surface area (TPSA) is 92.8 Å². The highest BCUT2D eigenvalue weighted by Crippen LogP contribution is 2.25. The van der Waals surface area contributed by atoms with E-state index in [0.717, 1.165) is 24.0 Å². The molecule has 182 valence electrons. The highest BCUT2D eigenvalue weighted by atomic mass is 32.2. The summed E-state index contributed by atoms with van der Waals surface area (Å²) in [6.07, 6.45) is 2.24. The first kappa shape index (κ1) is 24.6. The van der Waals surface area contributed by atoms with E-state index < -0.39 is 28.5 Å². The van der Waals surface area contributed by atoms with Gasteiger partial charge in [0, 0.05) is 19.6 Å². The van der Waals surface area contributed by atoms with Crippen LogP contribution in [-0.4, -0.2) is 44.3 Å². The Bertz CT molecular complexity index is 1290. The number of amides is 1. The quantitative estimate of drug-likeness (QED) is 0.365. The second-order valence-corrected chi connectivity index (χ2v) is 10.3. The van der Waals surface area contributed by atoms with Gasteiger partial charge in [0.25, 0.3) is 5.91 Å². The number of hydrogen-bond donors (Lipinski definition) is 1. The Morgan fingerprint density at radius 1 is 0.914 bits per heavy atom. The first-order chi connectivity index (χ1) is 16.9. The fraction of sp³-hybridized carbons (Fsp3) is 0.259. The van der Waals surface area contributed by atoms with E-state index >= 15 is 0 Å². The third kappa shape index (κ3) is 6.35. The standard InChI is InChI=1S/C27H28N2O5S/c30-26(28-16-7-10-21-8-2-1-3-9-21)20-34-27(31)23-13-6-14-25(18-23)35(32,33)29-17-15-22-11-4-5-12-24(22)19-29/h1-6,8-9,11-14,18H,7,10,15-17,19-20H2,(H,28,30). The number of aryl methyl sites for hydroxylation is 1. The zero-order valence-electron chi connectivity index (χ0n) is 19.4. The van der Waals surface area contributed by atoms with Crippen LogP contribution in [0.15, 0.2) is 83.8 Å². The van der Waals surface area contributed by atoms with Crippen LogP contribution in [0.2, 0.25) is 0 Å². The number of rotatable bonds is 9. The van der Waals surface area contributed by atoms with Crippen LogP contribution in [0.4, 0.5) is 0 Å². The molecule has 7 nitrogen and oxygen atoms in total. The van der Waals surface area contributed by atoms with Gasteiger partial charge in [-0.25, -0.2) is 13.2 Å². The van der Waals surface area contributed by atoms with Crippen molar-refractivity contribution >= 4 is 21.9 Å². The average Bonchev–Trinajstić information content (AvgIpc) is 2.90. The van der Waals surface area contributed by atoms with Gasteiger partial charge >= 0.3 is 5.97 Å². The van der Waals surface area contributed by atoms with Crippen LogP contribution >= 0.6 is 0 Å². The maximum absolute atomic E-state index is 13.2. The summed E-state index contributed by atoms with van der Waals surface area (Å²) in [5, 5.41) is 2.73. The van der Waals surface area contributed by atoms with Gasteiger partial charge in [-0.1, -0.05) is 60.7 Å². The van der Waals surface area contributed by atoms with E-state index in [-0.39, 0.29) is 17.0 Å². The molecule has 1 amide bonds. The number of benzene rings is 3. The van der Waals surface area contributed by atoms with Gasteiger partial charge in [0.1, 0.15) is 0 Å². The maximum atomic E-state index is 13.2. The molecule has 0 aromatic heterocycles. The smallest absolute Gasteiger partial charge is 0.338 e. The Morgan fingerprint density at radius 2 is 1.66 bits per heavy atom. The van der Waals surface area contributed by atoms with E-state index in [0.29, 0.717) is 19.5 Å². The van der Waals surface area contributed by atoms with Crippen molar-refractivity contribution < 1.29 is 22.7 Å². The molecule has 0 bridgehead atoms. The predicted molar refractivity (Wildman–Crippen MR) is 132 cm³/mol. The molecule has 4 rings (SSSR count). The Labute approximate surface area is 205 Å². The van der Waals surface area contributed by atoms with E-state index in [1.807, 2.05) is 54.6 Å². The molecular formula is C27H28N2O5S. The number of sulfonamides is 1. The number of ether oxygens (including phenoxy) is 1. The normalized spacial score (nSPS) is 13.6. The summed E-state index contributed by atoms with van der Waals surface area (Å²) in [5.74, 6) is -1.15. The molecule has 0 fully saturated rings. The molecule has 0 saturated heterocycles. The highest BCUT2D eigenvalue weighted by molar-refractivity contribution is 7.89. The summed E-state index contributed by atoms with van der Waals surface area (Å²) < 4.78 is 32.9.